The first kappa shape index (κ1) is 14.2. The quantitative estimate of drug-likeness (QED) is 0.392. The summed E-state index contributed by atoms with van der Waals surface area (Å²) in [6, 6.07) is 0. The van der Waals surface area contributed by atoms with Crippen LogP contribution in [-0.2, 0) is 28.6 Å². The Kier molecular flexibility index (Phi) is 6.58. The van der Waals surface area contributed by atoms with Crippen LogP contribution < -0.4 is 0 Å². The molecule has 1 heterocycles. The van der Waals surface area contributed by atoms with Crippen LogP contribution in [0, 0.1) is 0 Å². The van der Waals surface area contributed by atoms with Gasteiger partial charge in [0, 0.05) is 5.57 Å². The Morgan fingerprint density at radius 1 is 1.38 bits per heavy atom. The topological polar surface area (TPSA) is 78.9 Å². The van der Waals surface area contributed by atoms with Gasteiger partial charge in [0.1, 0.15) is 6.42 Å². The Morgan fingerprint density at radius 3 is 2.06 bits per heavy atom. The second-order valence-corrected chi connectivity index (χ2v) is 2.83. The number of hydrogen-bond donors (Lipinski definition) is 0. The highest BCUT2D eigenvalue weighted by atomic mass is 16.7. The Labute approximate surface area is 93.2 Å². The minimum absolute atomic E-state index is 0.225. The fourth-order valence-electron chi connectivity index (χ4n) is 0.635. The predicted octanol–water partition coefficient (Wildman–Crippen LogP) is 0.560. The van der Waals surface area contributed by atoms with E-state index in [1.807, 2.05) is 0 Å². The first-order chi connectivity index (χ1) is 7.47. The van der Waals surface area contributed by atoms with Crippen LogP contribution in [0.1, 0.15) is 20.3 Å². The summed E-state index contributed by atoms with van der Waals surface area (Å²) < 4.78 is 13.1. The molecule has 0 aromatic rings. The second kappa shape index (κ2) is 7.44. The molecule has 1 saturated heterocycles. The molecule has 0 bridgehead atoms. The van der Waals surface area contributed by atoms with Crippen LogP contribution in [0.2, 0.25) is 0 Å². The number of carbonyl (C=O) groups excluding carboxylic acids is 3. The van der Waals surface area contributed by atoms with Crippen molar-refractivity contribution in [1.82, 2.24) is 0 Å². The molecular weight excluding hydrogens is 216 g/mol. The molecule has 6 nitrogen and oxygen atoms in total. The molecule has 0 atom stereocenters. The van der Waals surface area contributed by atoms with Crippen LogP contribution in [-0.4, -0.2) is 31.3 Å². The highest BCUT2D eigenvalue weighted by molar-refractivity contribution is 5.92. The zero-order valence-electron chi connectivity index (χ0n) is 9.28. The van der Waals surface area contributed by atoms with E-state index in [-0.39, 0.29) is 19.2 Å². The zero-order chi connectivity index (χ0) is 12.6. The van der Waals surface area contributed by atoms with E-state index in [2.05, 4.69) is 20.8 Å². The molecule has 0 aliphatic carbocycles. The van der Waals surface area contributed by atoms with Crippen molar-refractivity contribution in [2.24, 2.45) is 0 Å². The lowest BCUT2D eigenvalue weighted by molar-refractivity contribution is -0.181. The van der Waals surface area contributed by atoms with Crippen LogP contribution in [0.4, 0.5) is 0 Å². The van der Waals surface area contributed by atoms with Crippen molar-refractivity contribution >= 4 is 17.9 Å². The van der Waals surface area contributed by atoms with Crippen molar-refractivity contribution in [2.75, 3.05) is 13.4 Å². The third-order valence-electron chi connectivity index (χ3n) is 1.35. The normalized spacial score (nSPS) is 13.9. The van der Waals surface area contributed by atoms with E-state index in [9.17, 15) is 14.4 Å². The van der Waals surface area contributed by atoms with Crippen LogP contribution in [0.3, 0.4) is 0 Å². The number of carbonyl (C=O) groups is 3. The monoisotopic (exact) mass is 230 g/mol. The first-order valence-electron chi connectivity index (χ1n) is 4.61. The van der Waals surface area contributed by atoms with Gasteiger partial charge in [-0.2, -0.15) is 0 Å². The van der Waals surface area contributed by atoms with Gasteiger partial charge in [-0.05, 0) is 13.8 Å². The predicted molar refractivity (Wildman–Crippen MR) is 53.1 cm³/mol. The smallest absolute Gasteiger partial charge is 0.333 e. The molecule has 1 fully saturated rings. The molecular formula is C10H14O6. The van der Waals surface area contributed by atoms with Crippen LogP contribution in [0.25, 0.3) is 0 Å². The van der Waals surface area contributed by atoms with E-state index in [1.54, 1.807) is 13.8 Å². The molecule has 0 N–H and O–H groups in total. The molecule has 0 aromatic carbocycles. The largest absolute Gasteiger partial charge is 0.463 e. The molecule has 16 heavy (non-hydrogen) atoms. The van der Waals surface area contributed by atoms with Gasteiger partial charge in [-0.3, -0.25) is 9.59 Å². The van der Waals surface area contributed by atoms with E-state index in [0.717, 1.165) is 0 Å². The van der Waals surface area contributed by atoms with Crippen molar-refractivity contribution in [2.45, 2.75) is 20.3 Å². The Morgan fingerprint density at radius 2 is 1.88 bits per heavy atom. The average Bonchev–Trinajstić information content (AvgIpc) is 2.18. The van der Waals surface area contributed by atoms with Crippen molar-refractivity contribution in [3.05, 3.63) is 12.2 Å². The van der Waals surface area contributed by atoms with E-state index >= 15 is 0 Å². The highest BCUT2D eigenvalue weighted by Gasteiger charge is 2.17. The van der Waals surface area contributed by atoms with Crippen molar-refractivity contribution in [3.63, 3.8) is 0 Å². The summed E-state index contributed by atoms with van der Waals surface area (Å²) >= 11 is 0. The second-order valence-electron chi connectivity index (χ2n) is 2.83. The maximum absolute atomic E-state index is 10.4. The van der Waals surface area contributed by atoms with Gasteiger partial charge in [0.15, 0.2) is 0 Å². The minimum atomic E-state index is -0.513. The van der Waals surface area contributed by atoms with E-state index in [0.29, 0.717) is 12.2 Å². The molecule has 90 valence electrons. The number of hydrogen-bond acceptors (Lipinski definition) is 6. The summed E-state index contributed by atoms with van der Waals surface area (Å²) in [7, 11) is 0. The Hall–Kier alpha value is -1.85. The fraction of sp³-hybridized carbons (Fsp3) is 0.500. The van der Waals surface area contributed by atoms with Gasteiger partial charge in [-0.25, -0.2) is 4.79 Å². The van der Waals surface area contributed by atoms with E-state index < -0.39 is 11.9 Å². The summed E-state index contributed by atoms with van der Waals surface area (Å²) in [5.74, 6) is -1.34. The standard InChI is InChI=1S/C6H10O2.C4H4O4/c1-4-8-6(7)5(2)3;5-3-1-4(6)8-2-7-3/h2,4H2,1,3H3;1-2H2. The lowest BCUT2D eigenvalue weighted by atomic mass is 10.4. The summed E-state index contributed by atoms with van der Waals surface area (Å²) in [5.41, 5.74) is 0.451. The third-order valence-corrected chi connectivity index (χ3v) is 1.35. The molecule has 1 aliphatic rings. The highest BCUT2D eigenvalue weighted by Crippen LogP contribution is 1.97. The molecule has 0 aromatic heterocycles. The molecule has 0 radical (unpaired) electrons. The van der Waals surface area contributed by atoms with E-state index in [1.165, 1.54) is 0 Å². The van der Waals surface area contributed by atoms with Crippen LogP contribution in [0.5, 0.6) is 0 Å². The lowest BCUT2D eigenvalue weighted by Crippen LogP contribution is -2.22. The SMILES string of the molecule is C=C(C)C(=O)OCC.O=C1CC(=O)OCO1. The van der Waals surface area contributed by atoms with Crippen molar-refractivity contribution in [3.8, 4) is 0 Å². The lowest BCUT2D eigenvalue weighted by Gasteiger charge is -2.09. The van der Waals surface area contributed by atoms with Gasteiger partial charge in [-0.15, -0.1) is 0 Å². The molecule has 1 rings (SSSR count). The molecule has 0 spiro atoms. The average molecular weight is 230 g/mol. The molecule has 1 aliphatic heterocycles. The Balaban J connectivity index is 0.000000281. The summed E-state index contributed by atoms with van der Waals surface area (Å²) in [5, 5.41) is 0. The van der Waals surface area contributed by atoms with Gasteiger partial charge in [-0.1, -0.05) is 6.58 Å². The van der Waals surface area contributed by atoms with Gasteiger partial charge in [0.25, 0.3) is 0 Å². The van der Waals surface area contributed by atoms with Crippen LogP contribution in [0.15, 0.2) is 12.2 Å². The molecule has 0 unspecified atom stereocenters. The number of cyclic esters (lactones) is 2. The fourth-order valence-corrected chi connectivity index (χ4v) is 0.635. The van der Waals surface area contributed by atoms with Gasteiger partial charge < -0.3 is 14.2 Å². The maximum atomic E-state index is 10.4. The number of esters is 3. The Bertz CT molecular complexity index is 280. The van der Waals surface area contributed by atoms with Gasteiger partial charge in [0.2, 0.25) is 6.79 Å². The van der Waals surface area contributed by atoms with Gasteiger partial charge in [0.05, 0.1) is 6.61 Å². The van der Waals surface area contributed by atoms with Gasteiger partial charge >= 0.3 is 17.9 Å². The van der Waals surface area contributed by atoms with E-state index in [4.69, 9.17) is 0 Å². The van der Waals surface area contributed by atoms with Crippen molar-refractivity contribution < 1.29 is 28.6 Å². The molecule has 0 amide bonds. The summed E-state index contributed by atoms with van der Waals surface area (Å²) in [4.78, 5) is 30.7. The maximum Gasteiger partial charge on any atom is 0.333 e. The summed E-state index contributed by atoms with van der Waals surface area (Å²) in [6.07, 6.45) is -0.250. The number of ether oxygens (including phenoxy) is 3. The zero-order valence-corrected chi connectivity index (χ0v) is 9.28. The first-order valence-corrected chi connectivity index (χ1v) is 4.61. The van der Waals surface area contributed by atoms with Crippen LogP contribution >= 0.6 is 0 Å². The minimum Gasteiger partial charge on any atom is -0.463 e. The molecule has 6 heteroatoms. The third kappa shape index (κ3) is 6.58. The number of rotatable bonds is 2. The van der Waals surface area contributed by atoms with Crippen molar-refractivity contribution in [1.29, 1.82) is 0 Å². The summed E-state index contributed by atoms with van der Waals surface area (Å²) in [6.45, 7) is 6.98. The molecule has 0 saturated carbocycles.